The zero-order chi connectivity index (χ0) is 21.6. The van der Waals surface area contributed by atoms with Crippen molar-refractivity contribution < 1.29 is 22.3 Å². The summed E-state index contributed by atoms with van der Waals surface area (Å²) in [5, 5.41) is 0. The fraction of sp³-hybridized carbons (Fsp3) is 0.136. The monoisotopic (exact) mass is 428 g/mol. The Bertz CT molecular complexity index is 1090. The van der Waals surface area contributed by atoms with Gasteiger partial charge in [0.15, 0.2) is 0 Å². The van der Waals surface area contributed by atoms with Crippen LogP contribution in [0.2, 0.25) is 0 Å². The maximum absolute atomic E-state index is 13.0. The average molecular weight is 428 g/mol. The van der Waals surface area contributed by atoms with Crippen LogP contribution in [0, 0.1) is 5.82 Å². The minimum atomic E-state index is -3.85. The van der Waals surface area contributed by atoms with Crippen LogP contribution in [-0.4, -0.2) is 39.4 Å². The molecule has 0 aliphatic heterocycles. The second-order valence-electron chi connectivity index (χ2n) is 6.52. The van der Waals surface area contributed by atoms with Gasteiger partial charge in [0, 0.05) is 18.3 Å². The van der Waals surface area contributed by atoms with E-state index in [1.807, 2.05) is 30.3 Å². The second-order valence-corrected chi connectivity index (χ2v) is 8.21. The quantitative estimate of drug-likeness (QED) is 0.593. The molecular weight excluding hydrogens is 407 g/mol. The number of carbonyl (C=O) groups is 1. The number of benzene rings is 3. The molecule has 1 amide bonds. The summed E-state index contributed by atoms with van der Waals surface area (Å²) in [5.74, 6) is 0.0165. The van der Waals surface area contributed by atoms with E-state index in [4.69, 9.17) is 4.74 Å². The molecule has 0 radical (unpaired) electrons. The topological polar surface area (TPSA) is 75.7 Å². The molecule has 0 saturated heterocycles. The van der Waals surface area contributed by atoms with Gasteiger partial charge >= 0.3 is 0 Å². The lowest BCUT2D eigenvalue weighted by atomic mass is 10.2. The van der Waals surface area contributed by atoms with Gasteiger partial charge in [-0.25, -0.2) is 12.8 Å². The van der Waals surface area contributed by atoms with E-state index in [1.165, 1.54) is 41.3 Å². The molecule has 0 aliphatic carbocycles. The molecule has 8 heteroatoms. The first kappa shape index (κ1) is 21.3. The normalized spacial score (nSPS) is 11.0. The van der Waals surface area contributed by atoms with Crippen molar-refractivity contribution in [2.45, 2.75) is 4.90 Å². The number of amides is 1. The van der Waals surface area contributed by atoms with Gasteiger partial charge in [0.1, 0.15) is 18.2 Å². The number of carbonyl (C=O) groups excluding carboxylic acids is 1. The Hall–Kier alpha value is -3.39. The third-order valence-corrected chi connectivity index (χ3v) is 5.69. The Kier molecular flexibility index (Phi) is 6.68. The smallest absolute Gasteiger partial charge is 0.261 e. The predicted molar refractivity (Wildman–Crippen MR) is 113 cm³/mol. The number of anilines is 1. The Labute approximate surface area is 175 Å². The minimum Gasteiger partial charge on any atom is -0.492 e. The van der Waals surface area contributed by atoms with E-state index in [9.17, 15) is 17.6 Å². The van der Waals surface area contributed by atoms with E-state index < -0.39 is 15.8 Å². The van der Waals surface area contributed by atoms with Crippen LogP contribution in [0.1, 0.15) is 10.4 Å². The summed E-state index contributed by atoms with van der Waals surface area (Å²) in [6, 6.07) is 19.9. The molecule has 0 aliphatic rings. The SMILES string of the molecule is CN(CCOc1ccccc1)C(=O)c1ccc(S(=O)(=O)Nc2ccc(F)cc2)cc1. The molecule has 1 N–H and O–H groups in total. The number of hydrogen-bond acceptors (Lipinski definition) is 4. The molecule has 3 aromatic carbocycles. The van der Waals surface area contributed by atoms with Crippen LogP contribution < -0.4 is 9.46 Å². The van der Waals surface area contributed by atoms with Crippen LogP contribution in [-0.2, 0) is 10.0 Å². The highest BCUT2D eigenvalue weighted by molar-refractivity contribution is 7.92. The third-order valence-electron chi connectivity index (χ3n) is 4.29. The Morgan fingerprint density at radius 1 is 0.967 bits per heavy atom. The molecule has 0 spiro atoms. The highest BCUT2D eigenvalue weighted by Gasteiger charge is 2.17. The summed E-state index contributed by atoms with van der Waals surface area (Å²) in [6.07, 6.45) is 0. The van der Waals surface area contributed by atoms with Crippen molar-refractivity contribution in [2.75, 3.05) is 24.9 Å². The van der Waals surface area contributed by atoms with Gasteiger partial charge in [0.05, 0.1) is 11.4 Å². The zero-order valence-corrected chi connectivity index (χ0v) is 17.1. The van der Waals surface area contributed by atoms with E-state index in [2.05, 4.69) is 4.72 Å². The fourth-order valence-corrected chi connectivity index (χ4v) is 3.71. The van der Waals surface area contributed by atoms with Gasteiger partial charge in [0.25, 0.3) is 15.9 Å². The van der Waals surface area contributed by atoms with E-state index in [1.54, 1.807) is 7.05 Å². The summed E-state index contributed by atoms with van der Waals surface area (Å²) in [5.41, 5.74) is 0.604. The van der Waals surface area contributed by atoms with Gasteiger partial charge in [-0.2, -0.15) is 0 Å². The van der Waals surface area contributed by atoms with Gasteiger partial charge in [-0.05, 0) is 60.7 Å². The van der Waals surface area contributed by atoms with Crippen molar-refractivity contribution in [1.29, 1.82) is 0 Å². The molecule has 0 heterocycles. The van der Waals surface area contributed by atoms with Crippen LogP contribution >= 0.6 is 0 Å². The van der Waals surface area contributed by atoms with Crippen molar-refractivity contribution >= 4 is 21.6 Å². The molecular formula is C22H21FN2O4S. The summed E-state index contributed by atoms with van der Waals surface area (Å²) < 4.78 is 45.8. The highest BCUT2D eigenvalue weighted by atomic mass is 32.2. The molecule has 0 fully saturated rings. The number of sulfonamides is 1. The number of nitrogens with one attached hydrogen (secondary N) is 1. The lowest BCUT2D eigenvalue weighted by Crippen LogP contribution is -2.30. The molecule has 30 heavy (non-hydrogen) atoms. The number of likely N-dealkylation sites (N-methyl/N-ethyl adjacent to an activating group) is 1. The number of halogens is 1. The second kappa shape index (κ2) is 9.41. The van der Waals surface area contributed by atoms with Crippen LogP contribution in [0.25, 0.3) is 0 Å². The molecule has 0 unspecified atom stereocenters. The van der Waals surface area contributed by atoms with Crippen LogP contribution in [0.15, 0.2) is 83.8 Å². The van der Waals surface area contributed by atoms with Crippen LogP contribution in [0.5, 0.6) is 5.75 Å². The maximum Gasteiger partial charge on any atom is 0.261 e. The lowest BCUT2D eigenvalue weighted by Gasteiger charge is -2.18. The molecule has 0 aromatic heterocycles. The van der Waals surface area contributed by atoms with Gasteiger partial charge in [-0.15, -0.1) is 0 Å². The van der Waals surface area contributed by atoms with E-state index in [-0.39, 0.29) is 16.5 Å². The van der Waals surface area contributed by atoms with Crippen molar-refractivity contribution in [3.63, 3.8) is 0 Å². The summed E-state index contributed by atoms with van der Waals surface area (Å²) >= 11 is 0. The van der Waals surface area contributed by atoms with Crippen molar-refractivity contribution in [1.82, 2.24) is 4.90 Å². The summed E-state index contributed by atoms with van der Waals surface area (Å²) in [6.45, 7) is 0.709. The van der Waals surface area contributed by atoms with Crippen LogP contribution in [0.4, 0.5) is 10.1 Å². The Morgan fingerprint density at radius 3 is 2.23 bits per heavy atom. The first-order chi connectivity index (χ1) is 14.3. The van der Waals surface area contributed by atoms with Gasteiger partial charge in [0.2, 0.25) is 0 Å². The van der Waals surface area contributed by atoms with Gasteiger partial charge in [-0.1, -0.05) is 18.2 Å². The molecule has 3 aromatic rings. The zero-order valence-electron chi connectivity index (χ0n) is 16.3. The minimum absolute atomic E-state index is 0.00145. The molecule has 0 saturated carbocycles. The lowest BCUT2D eigenvalue weighted by molar-refractivity contribution is 0.0773. The predicted octanol–water partition coefficient (Wildman–Crippen LogP) is 3.78. The maximum atomic E-state index is 13.0. The van der Waals surface area contributed by atoms with E-state index >= 15 is 0 Å². The Balaban J connectivity index is 1.59. The van der Waals surface area contributed by atoms with Gasteiger partial charge < -0.3 is 9.64 Å². The van der Waals surface area contributed by atoms with Crippen molar-refractivity contribution in [2.24, 2.45) is 0 Å². The van der Waals surface area contributed by atoms with E-state index in [0.29, 0.717) is 18.7 Å². The van der Waals surface area contributed by atoms with Crippen molar-refractivity contribution in [3.05, 3.63) is 90.2 Å². The number of ether oxygens (including phenoxy) is 1. The fourth-order valence-electron chi connectivity index (χ4n) is 2.65. The largest absolute Gasteiger partial charge is 0.492 e. The number of nitrogens with zero attached hydrogens (tertiary/aromatic N) is 1. The Morgan fingerprint density at radius 2 is 1.60 bits per heavy atom. The summed E-state index contributed by atoms with van der Waals surface area (Å²) in [4.78, 5) is 14.0. The number of hydrogen-bond donors (Lipinski definition) is 1. The molecule has 0 atom stereocenters. The molecule has 0 bridgehead atoms. The van der Waals surface area contributed by atoms with Crippen molar-refractivity contribution in [3.8, 4) is 5.75 Å². The highest BCUT2D eigenvalue weighted by Crippen LogP contribution is 2.17. The standard InChI is InChI=1S/C22H21FN2O4S/c1-25(15-16-29-20-5-3-2-4-6-20)22(26)17-7-13-21(14-8-17)30(27,28)24-19-11-9-18(23)10-12-19/h2-14,24H,15-16H2,1H3. The van der Waals surface area contributed by atoms with E-state index in [0.717, 1.165) is 17.9 Å². The molecule has 3 rings (SSSR count). The molecule has 156 valence electrons. The summed E-state index contributed by atoms with van der Waals surface area (Å²) in [7, 11) is -2.20. The molecule has 6 nitrogen and oxygen atoms in total. The average Bonchev–Trinajstić information content (AvgIpc) is 2.75. The number of rotatable bonds is 8. The van der Waals surface area contributed by atoms with Crippen LogP contribution in [0.3, 0.4) is 0 Å². The third kappa shape index (κ3) is 5.57. The first-order valence-corrected chi connectivity index (χ1v) is 10.7. The van der Waals surface area contributed by atoms with Gasteiger partial charge in [-0.3, -0.25) is 9.52 Å². The number of para-hydroxylation sites is 1. The first-order valence-electron chi connectivity index (χ1n) is 9.17.